The molecule has 1 saturated heterocycles. The van der Waals surface area contributed by atoms with Gasteiger partial charge in [0, 0.05) is 43.9 Å². The minimum atomic E-state index is -0.309. The number of amides is 1. The number of carbonyl (C=O) groups excluding carboxylic acids is 1. The van der Waals surface area contributed by atoms with E-state index < -0.39 is 0 Å². The summed E-state index contributed by atoms with van der Waals surface area (Å²) in [6.07, 6.45) is 5.90. The second kappa shape index (κ2) is 10.5. The number of benzene rings is 3. The van der Waals surface area contributed by atoms with Gasteiger partial charge in [0.15, 0.2) is 5.76 Å². The first kappa shape index (κ1) is 22.7. The van der Waals surface area contributed by atoms with Gasteiger partial charge in [0.25, 0.3) is 5.91 Å². The molecule has 5 rings (SSSR count). The number of piperazine rings is 1. The average molecular weight is 468 g/mol. The van der Waals surface area contributed by atoms with Crippen molar-refractivity contribution in [3.8, 4) is 22.8 Å². The molecule has 3 aromatic carbocycles. The van der Waals surface area contributed by atoms with Crippen LogP contribution in [0.3, 0.4) is 0 Å². The lowest BCUT2D eigenvalue weighted by molar-refractivity contribution is 0.0651. The summed E-state index contributed by atoms with van der Waals surface area (Å²) in [7, 11) is 0. The predicted octanol–water partition coefficient (Wildman–Crippen LogP) is 5.62. The Bertz CT molecular complexity index is 1310. The molecule has 2 heterocycles. The Morgan fingerprint density at radius 2 is 1.63 bits per heavy atom. The maximum atomic E-state index is 13.4. The van der Waals surface area contributed by atoms with Crippen LogP contribution in [-0.2, 0) is 0 Å². The van der Waals surface area contributed by atoms with Crippen molar-refractivity contribution in [1.82, 2.24) is 14.8 Å². The zero-order chi connectivity index (χ0) is 24.0. The topological polar surface area (TPSA) is 49.6 Å². The van der Waals surface area contributed by atoms with E-state index in [1.807, 2.05) is 47.4 Å². The molecule has 0 unspecified atom stereocenters. The van der Waals surface area contributed by atoms with E-state index in [0.29, 0.717) is 35.9 Å². The van der Waals surface area contributed by atoms with Gasteiger partial charge in [-0.15, -0.1) is 0 Å². The smallest absolute Gasteiger partial charge is 0.254 e. The highest BCUT2D eigenvalue weighted by Gasteiger charge is 2.25. The van der Waals surface area contributed by atoms with Gasteiger partial charge in [0.05, 0.1) is 11.8 Å². The van der Waals surface area contributed by atoms with E-state index >= 15 is 0 Å². The number of carbonyl (C=O) groups is 1. The SMILES string of the molecule is O=C(c1ccccc1-c1ncc(-c2ccc(F)cc2)o1)N1CCN(C/C=C/c2ccccc2)CC1. The Hall–Kier alpha value is -4.03. The quantitative estimate of drug-likeness (QED) is 0.369. The van der Waals surface area contributed by atoms with Gasteiger partial charge in [-0.2, -0.15) is 0 Å². The molecule has 0 spiro atoms. The molecule has 0 atom stereocenters. The molecule has 5 nitrogen and oxygen atoms in total. The molecule has 0 bridgehead atoms. The van der Waals surface area contributed by atoms with E-state index in [1.165, 1.54) is 17.7 Å². The lowest BCUT2D eigenvalue weighted by atomic mass is 10.1. The zero-order valence-corrected chi connectivity index (χ0v) is 19.3. The van der Waals surface area contributed by atoms with Gasteiger partial charge in [-0.1, -0.05) is 54.6 Å². The van der Waals surface area contributed by atoms with Crippen molar-refractivity contribution in [1.29, 1.82) is 0 Å². The van der Waals surface area contributed by atoms with Gasteiger partial charge in [-0.05, 0) is 42.0 Å². The molecule has 0 radical (unpaired) electrons. The van der Waals surface area contributed by atoms with Crippen LogP contribution in [0.1, 0.15) is 15.9 Å². The van der Waals surface area contributed by atoms with Crippen LogP contribution in [0.4, 0.5) is 4.39 Å². The molecule has 1 fully saturated rings. The van der Waals surface area contributed by atoms with Gasteiger partial charge in [0.1, 0.15) is 5.82 Å². The Morgan fingerprint density at radius 1 is 0.914 bits per heavy atom. The van der Waals surface area contributed by atoms with Crippen molar-refractivity contribution in [2.24, 2.45) is 0 Å². The number of nitrogens with zero attached hydrogens (tertiary/aromatic N) is 3. The highest BCUT2D eigenvalue weighted by molar-refractivity contribution is 6.00. The minimum absolute atomic E-state index is 0.0263. The van der Waals surface area contributed by atoms with Crippen LogP contribution in [0.15, 0.2) is 95.6 Å². The lowest BCUT2D eigenvalue weighted by Crippen LogP contribution is -2.48. The Labute approximate surface area is 204 Å². The molecule has 4 aromatic rings. The highest BCUT2D eigenvalue weighted by Crippen LogP contribution is 2.29. The third-order valence-corrected chi connectivity index (χ3v) is 6.16. The number of rotatable bonds is 6. The summed E-state index contributed by atoms with van der Waals surface area (Å²) in [5.74, 6) is 0.565. The average Bonchev–Trinajstić information content (AvgIpc) is 3.40. The molecule has 1 aliphatic heterocycles. The zero-order valence-electron chi connectivity index (χ0n) is 19.3. The van der Waals surface area contributed by atoms with Crippen molar-refractivity contribution in [2.75, 3.05) is 32.7 Å². The first-order valence-electron chi connectivity index (χ1n) is 11.7. The van der Waals surface area contributed by atoms with E-state index in [2.05, 4.69) is 34.2 Å². The second-order valence-corrected chi connectivity index (χ2v) is 8.49. The first-order valence-corrected chi connectivity index (χ1v) is 11.7. The number of halogens is 1. The van der Waals surface area contributed by atoms with Crippen LogP contribution in [0.5, 0.6) is 0 Å². The summed E-state index contributed by atoms with van der Waals surface area (Å²) < 4.78 is 19.2. The predicted molar refractivity (Wildman–Crippen MR) is 135 cm³/mol. The van der Waals surface area contributed by atoms with Gasteiger partial charge >= 0.3 is 0 Å². The standard InChI is InChI=1S/C29H26FN3O2/c30-24-14-12-23(13-15-24)27-21-31-28(35-27)25-10-4-5-11-26(25)29(34)33-19-17-32(18-20-33)16-6-9-22-7-2-1-3-8-22/h1-15,21H,16-20H2/b9-6+. The van der Waals surface area contributed by atoms with E-state index in [-0.39, 0.29) is 11.7 Å². The Kier molecular flexibility index (Phi) is 6.82. The van der Waals surface area contributed by atoms with Crippen LogP contribution in [0.25, 0.3) is 28.9 Å². The van der Waals surface area contributed by atoms with Gasteiger partial charge in [-0.25, -0.2) is 9.37 Å². The molecule has 176 valence electrons. The third-order valence-electron chi connectivity index (χ3n) is 6.16. The minimum Gasteiger partial charge on any atom is -0.436 e. The fourth-order valence-electron chi connectivity index (χ4n) is 4.21. The van der Waals surface area contributed by atoms with Crippen LogP contribution < -0.4 is 0 Å². The van der Waals surface area contributed by atoms with Crippen LogP contribution in [-0.4, -0.2) is 53.4 Å². The number of hydrogen-bond donors (Lipinski definition) is 0. The van der Waals surface area contributed by atoms with Crippen molar-refractivity contribution >= 4 is 12.0 Å². The first-order chi connectivity index (χ1) is 17.2. The van der Waals surface area contributed by atoms with E-state index in [0.717, 1.165) is 25.2 Å². The number of hydrogen-bond acceptors (Lipinski definition) is 4. The monoisotopic (exact) mass is 467 g/mol. The van der Waals surface area contributed by atoms with Crippen molar-refractivity contribution in [2.45, 2.75) is 0 Å². The van der Waals surface area contributed by atoms with Crippen molar-refractivity contribution < 1.29 is 13.6 Å². The Balaban J connectivity index is 1.24. The molecule has 1 amide bonds. The van der Waals surface area contributed by atoms with Gasteiger partial charge in [-0.3, -0.25) is 9.69 Å². The lowest BCUT2D eigenvalue weighted by Gasteiger charge is -2.34. The summed E-state index contributed by atoms with van der Waals surface area (Å²) in [4.78, 5) is 22.0. The molecule has 1 aromatic heterocycles. The number of aromatic nitrogens is 1. The summed E-state index contributed by atoms with van der Waals surface area (Å²) in [6, 6.07) is 23.7. The normalized spacial score (nSPS) is 14.5. The van der Waals surface area contributed by atoms with Crippen LogP contribution in [0.2, 0.25) is 0 Å². The summed E-state index contributed by atoms with van der Waals surface area (Å²) >= 11 is 0. The summed E-state index contributed by atoms with van der Waals surface area (Å²) in [5, 5.41) is 0. The van der Waals surface area contributed by atoms with E-state index in [4.69, 9.17) is 4.42 Å². The van der Waals surface area contributed by atoms with Crippen molar-refractivity contribution in [3.63, 3.8) is 0 Å². The fraction of sp³-hybridized carbons (Fsp3) is 0.172. The van der Waals surface area contributed by atoms with E-state index in [9.17, 15) is 9.18 Å². The molecule has 6 heteroatoms. The third kappa shape index (κ3) is 5.39. The molecule has 0 N–H and O–H groups in total. The molecule has 0 saturated carbocycles. The second-order valence-electron chi connectivity index (χ2n) is 8.49. The molecule has 35 heavy (non-hydrogen) atoms. The largest absolute Gasteiger partial charge is 0.436 e. The highest BCUT2D eigenvalue weighted by atomic mass is 19.1. The van der Waals surface area contributed by atoms with E-state index in [1.54, 1.807) is 18.3 Å². The maximum Gasteiger partial charge on any atom is 0.254 e. The summed E-state index contributed by atoms with van der Waals surface area (Å²) in [5.41, 5.74) is 3.13. The Morgan fingerprint density at radius 3 is 2.40 bits per heavy atom. The molecule has 1 aliphatic rings. The van der Waals surface area contributed by atoms with Crippen molar-refractivity contribution in [3.05, 3.63) is 108 Å². The van der Waals surface area contributed by atoms with Gasteiger partial charge < -0.3 is 9.32 Å². The number of oxazole rings is 1. The molecular formula is C29H26FN3O2. The maximum absolute atomic E-state index is 13.4. The van der Waals surface area contributed by atoms with Crippen LogP contribution in [0, 0.1) is 5.82 Å². The molecular weight excluding hydrogens is 441 g/mol. The van der Waals surface area contributed by atoms with Gasteiger partial charge in [0.2, 0.25) is 5.89 Å². The van der Waals surface area contributed by atoms with Crippen LogP contribution >= 0.6 is 0 Å². The fourth-order valence-corrected chi connectivity index (χ4v) is 4.21. The molecule has 0 aliphatic carbocycles. The summed E-state index contributed by atoms with van der Waals surface area (Å²) in [6.45, 7) is 3.83.